The zero-order valence-corrected chi connectivity index (χ0v) is 20.5. The summed E-state index contributed by atoms with van der Waals surface area (Å²) in [4.78, 5) is 19.8. The molecule has 1 aliphatic rings. The molecule has 0 saturated carbocycles. The van der Waals surface area contributed by atoms with Crippen molar-refractivity contribution < 1.29 is 9.50 Å². The summed E-state index contributed by atoms with van der Waals surface area (Å²) < 4.78 is 13.5. The monoisotopic (exact) mass is 500 g/mol. The van der Waals surface area contributed by atoms with Gasteiger partial charge in [0.05, 0.1) is 0 Å². The first-order valence-electron chi connectivity index (χ1n) is 10.6. The zero-order chi connectivity index (χ0) is 22.9. The first-order valence-corrected chi connectivity index (χ1v) is 13.5. The molecule has 169 valence electrons. The second kappa shape index (κ2) is 9.16. The van der Waals surface area contributed by atoms with E-state index in [0.717, 1.165) is 22.2 Å². The number of halogens is 1. The van der Waals surface area contributed by atoms with Gasteiger partial charge in [-0.3, -0.25) is 0 Å². The first-order chi connectivity index (χ1) is 15.3. The van der Waals surface area contributed by atoms with E-state index in [-0.39, 0.29) is 6.54 Å². The number of nitrogens with zero attached hydrogens (tertiary/aromatic N) is 5. The van der Waals surface area contributed by atoms with Crippen LogP contribution in [0.25, 0.3) is 10.8 Å². The molecule has 4 rings (SSSR count). The van der Waals surface area contributed by atoms with E-state index >= 15 is 4.39 Å². The predicted octanol–water partition coefficient (Wildman–Crippen LogP) is 3.32. The van der Waals surface area contributed by atoms with E-state index in [9.17, 15) is 5.11 Å². The number of piperidine rings is 1. The number of aliphatic hydroxyl groups is 1. The van der Waals surface area contributed by atoms with Crippen LogP contribution >= 0.6 is 0 Å². The van der Waals surface area contributed by atoms with E-state index < -0.39 is 26.3 Å². The topological polar surface area (TPSA) is 99.1 Å². The van der Waals surface area contributed by atoms with Crippen molar-refractivity contribution in [2.45, 2.75) is 42.5 Å². The van der Waals surface area contributed by atoms with E-state index in [2.05, 4.69) is 44.4 Å². The molecule has 0 aliphatic carbocycles. The number of fused-ring (bicyclic) bond motifs is 1. The Morgan fingerprint density at radius 3 is 2.75 bits per heavy atom. The summed E-state index contributed by atoms with van der Waals surface area (Å²) in [5.74, 6) is 2.78. The van der Waals surface area contributed by atoms with Crippen molar-refractivity contribution in [3.05, 3.63) is 36.3 Å². The van der Waals surface area contributed by atoms with Gasteiger partial charge >= 0.3 is 163 Å². The molecule has 1 aliphatic heterocycles. The number of pyridine rings is 2. The van der Waals surface area contributed by atoms with Crippen LogP contribution in [0.3, 0.4) is 0 Å². The van der Waals surface area contributed by atoms with Crippen molar-refractivity contribution in [3.8, 4) is 0 Å². The van der Waals surface area contributed by atoms with Crippen molar-refractivity contribution in [1.82, 2.24) is 19.9 Å². The van der Waals surface area contributed by atoms with Gasteiger partial charge in [0.15, 0.2) is 0 Å². The maximum absolute atomic E-state index is 15.1. The number of anilines is 4. The molecular weight excluding hydrogens is 472 g/mol. The number of aliphatic hydroxyl groups excluding tert-OH is 1. The van der Waals surface area contributed by atoms with E-state index in [1.807, 2.05) is 29.9 Å². The van der Waals surface area contributed by atoms with Crippen LogP contribution in [0.5, 0.6) is 0 Å². The minimum atomic E-state index is -1.56. The molecule has 4 heterocycles. The normalized spacial score (nSPS) is 21.6. The molecule has 32 heavy (non-hydrogen) atoms. The molecule has 10 heteroatoms. The summed E-state index contributed by atoms with van der Waals surface area (Å²) in [6, 6.07) is 3.76. The fourth-order valence-corrected chi connectivity index (χ4v) is 5.48. The van der Waals surface area contributed by atoms with E-state index in [1.165, 1.54) is 0 Å². The van der Waals surface area contributed by atoms with Crippen molar-refractivity contribution in [1.29, 1.82) is 0 Å². The molecule has 0 bridgehead atoms. The molecule has 0 unspecified atom stereocenters. The summed E-state index contributed by atoms with van der Waals surface area (Å²) >= 11 is -0.634. The average molecular weight is 500 g/mol. The molecule has 8 nitrogen and oxygen atoms in total. The van der Waals surface area contributed by atoms with E-state index in [4.69, 9.17) is 0 Å². The van der Waals surface area contributed by atoms with Gasteiger partial charge in [0.2, 0.25) is 0 Å². The molecule has 3 aromatic rings. The molecule has 1 saturated heterocycles. The van der Waals surface area contributed by atoms with Crippen LogP contribution in [0.15, 0.2) is 30.7 Å². The van der Waals surface area contributed by atoms with Crippen LogP contribution in [0, 0.1) is 0 Å². The van der Waals surface area contributed by atoms with Crippen LogP contribution in [0.1, 0.15) is 31.7 Å². The zero-order valence-electron chi connectivity index (χ0n) is 18.7. The van der Waals surface area contributed by atoms with Crippen LogP contribution in [-0.2, 0) is 0 Å². The van der Waals surface area contributed by atoms with Crippen LogP contribution in [-0.4, -0.2) is 71.5 Å². The Morgan fingerprint density at radius 1 is 1.22 bits per heavy atom. The summed E-state index contributed by atoms with van der Waals surface area (Å²) in [7, 11) is 1.84. The Hall–Kier alpha value is -2.51. The van der Waals surface area contributed by atoms with Gasteiger partial charge < -0.3 is 5.32 Å². The molecule has 1 fully saturated rings. The van der Waals surface area contributed by atoms with Crippen molar-refractivity contribution in [2.75, 3.05) is 35.7 Å². The molecule has 1 radical (unpaired) electrons. The second-order valence-electron chi connectivity index (χ2n) is 8.22. The SMILES string of the molecule is CNc1ncc(C(C)C)c2cc(Nc3ccnc(N4CC[C@@H](O)[C@@](F)([As]C)C4)n3)ncc12. The van der Waals surface area contributed by atoms with Crippen molar-refractivity contribution in [2.24, 2.45) is 0 Å². The van der Waals surface area contributed by atoms with Gasteiger partial charge in [-0.2, -0.15) is 0 Å². The summed E-state index contributed by atoms with van der Waals surface area (Å²) in [5.41, 5.74) is 2.98. The molecule has 0 aromatic carbocycles. The molecule has 2 atom stereocenters. The average Bonchev–Trinajstić information content (AvgIpc) is 2.80. The second-order valence-corrected chi connectivity index (χ2v) is 10.7. The Labute approximate surface area is 193 Å². The number of nitrogens with one attached hydrogen (secondary N) is 2. The van der Waals surface area contributed by atoms with Crippen LogP contribution in [0.2, 0.25) is 5.71 Å². The standard InChI is InChI=1S/C22H28AsFN7O/c1-13(2)15-10-28-20(25-4)16-11-27-19(9-14(15)16)29-18-5-7-26-21(30-18)31-8-6-17(32)22(24,12-31)23-3/h5,7,9-11,13,17,32H,6,8,12H2,1-4H3,(H,25,28)(H,26,27,29,30)/t17-,22-/m1/s1. The summed E-state index contributed by atoms with van der Waals surface area (Å²) in [6.07, 6.45) is 4.80. The Balaban J connectivity index is 1.62. The van der Waals surface area contributed by atoms with Crippen molar-refractivity contribution >= 4 is 49.9 Å². The van der Waals surface area contributed by atoms with Crippen LogP contribution in [0.4, 0.5) is 27.8 Å². The van der Waals surface area contributed by atoms with Crippen molar-refractivity contribution in [3.63, 3.8) is 0 Å². The third-order valence-electron chi connectivity index (χ3n) is 5.81. The fraction of sp³-hybridized carbons (Fsp3) is 0.455. The molecular formula is C22H28AsFN7O. The Morgan fingerprint density at radius 2 is 2.03 bits per heavy atom. The Bertz CT molecular complexity index is 1110. The van der Waals surface area contributed by atoms with Gasteiger partial charge in [0.25, 0.3) is 0 Å². The molecule has 3 aromatic heterocycles. The number of hydrogen-bond donors (Lipinski definition) is 3. The molecule has 0 spiro atoms. The number of alkyl halides is 1. The van der Waals surface area contributed by atoms with Gasteiger partial charge in [0, 0.05) is 7.05 Å². The van der Waals surface area contributed by atoms with E-state index in [1.54, 1.807) is 18.5 Å². The van der Waals surface area contributed by atoms with Gasteiger partial charge in [-0.15, -0.1) is 0 Å². The van der Waals surface area contributed by atoms with Gasteiger partial charge in [-0.05, 0) is 0 Å². The van der Waals surface area contributed by atoms with Gasteiger partial charge in [0.1, 0.15) is 0 Å². The quantitative estimate of drug-likeness (QED) is 0.444. The van der Waals surface area contributed by atoms with Crippen LogP contribution < -0.4 is 15.5 Å². The summed E-state index contributed by atoms with van der Waals surface area (Å²) in [6.45, 7) is 4.90. The third-order valence-corrected chi connectivity index (χ3v) is 8.29. The van der Waals surface area contributed by atoms with E-state index in [0.29, 0.717) is 36.5 Å². The third kappa shape index (κ3) is 4.36. The van der Waals surface area contributed by atoms with Gasteiger partial charge in [-0.25, -0.2) is 4.98 Å². The predicted molar refractivity (Wildman–Crippen MR) is 127 cm³/mol. The number of aromatic nitrogens is 4. The summed E-state index contributed by atoms with van der Waals surface area (Å²) in [5, 5.41) is 18.5. The maximum atomic E-state index is 15.1. The number of hydrogen-bond acceptors (Lipinski definition) is 8. The Kier molecular flexibility index (Phi) is 6.49. The fourth-order valence-electron chi connectivity index (χ4n) is 3.93. The minimum absolute atomic E-state index is 0.111. The molecule has 3 N–H and O–H groups in total. The first kappa shape index (κ1) is 22.7. The number of rotatable bonds is 6. The molecule has 0 amide bonds. The van der Waals surface area contributed by atoms with Gasteiger partial charge in [-0.1, -0.05) is 13.8 Å².